The highest BCUT2D eigenvalue weighted by Gasteiger charge is 2.34. The number of phenols is 1. The lowest BCUT2D eigenvalue weighted by Crippen LogP contribution is -2.33. The number of para-hydroxylation sites is 1. The summed E-state index contributed by atoms with van der Waals surface area (Å²) >= 11 is 1.62. The number of hydrogen-bond acceptors (Lipinski definition) is 9. The van der Waals surface area contributed by atoms with Gasteiger partial charge in [-0.2, -0.15) is 4.31 Å². The van der Waals surface area contributed by atoms with Gasteiger partial charge in [-0.05, 0) is 49.2 Å². The third-order valence-corrected chi connectivity index (χ3v) is 8.74. The molecule has 2 aromatic heterocycles. The number of hydrogen-bond donors (Lipinski definition) is 3. The van der Waals surface area contributed by atoms with Crippen LogP contribution in [0.25, 0.3) is 0 Å². The molecule has 1 saturated heterocycles. The summed E-state index contributed by atoms with van der Waals surface area (Å²) in [6.07, 6.45) is 1.57. The predicted molar refractivity (Wildman–Crippen MR) is 130 cm³/mol. The molecule has 1 aliphatic rings. The number of nitrogens with zero attached hydrogens (tertiary/aromatic N) is 3. The van der Waals surface area contributed by atoms with Gasteiger partial charge in [-0.25, -0.2) is 8.42 Å². The maximum atomic E-state index is 13.0. The Hall–Kier alpha value is -2.83. The van der Waals surface area contributed by atoms with Crippen LogP contribution < -0.4 is 15.5 Å². The Labute approximate surface area is 202 Å². The topological polar surface area (TPSA) is 135 Å². The van der Waals surface area contributed by atoms with Crippen molar-refractivity contribution in [3.8, 4) is 5.75 Å². The number of anilines is 3. The van der Waals surface area contributed by atoms with Crippen molar-refractivity contribution < 1.29 is 23.1 Å². The zero-order valence-electron chi connectivity index (χ0n) is 19.5. The molecule has 12 heteroatoms. The highest BCUT2D eigenvalue weighted by Crippen LogP contribution is 2.41. The van der Waals surface area contributed by atoms with E-state index in [2.05, 4.69) is 15.8 Å². The molecule has 0 amide bonds. The number of benzene rings is 1. The van der Waals surface area contributed by atoms with E-state index >= 15 is 0 Å². The molecule has 0 spiro atoms. The fourth-order valence-electron chi connectivity index (χ4n) is 3.94. The molecule has 34 heavy (non-hydrogen) atoms. The van der Waals surface area contributed by atoms with Crippen molar-refractivity contribution >= 4 is 38.7 Å². The van der Waals surface area contributed by atoms with Gasteiger partial charge in [-0.15, -0.1) is 11.3 Å². The minimum absolute atomic E-state index is 0.0261. The van der Waals surface area contributed by atoms with Crippen LogP contribution in [0.4, 0.5) is 17.3 Å². The van der Waals surface area contributed by atoms with Gasteiger partial charge in [-0.3, -0.25) is 5.32 Å². The van der Waals surface area contributed by atoms with Crippen LogP contribution in [0, 0.1) is 17.5 Å². The third-order valence-electron chi connectivity index (χ3n) is 5.74. The lowest BCUT2D eigenvalue weighted by Gasteiger charge is -2.28. The zero-order chi connectivity index (χ0) is 24.7. The first-order valence-electron chi connectivity index (χ1n) is 11.0. The summed E-state index contributed by atoms with van der Waals surface area (Å²) in [5, 5.41) is 33.1. The SMILES string of the molecule is Cc1ccc([C@H](Nc2c(Nc3cccc(S(=O)(=O)N4CCCC4)c3O)no[n+]2[O-])C(C)(C)C)s1. The van der Waals surface area contributed by atoms with Crippen molar-refractivity contribution in [3.05, 3.63) is 45.3 Å². The van der Waals surface area contributed by atoms with Crippen LogP contribution in [0.1, 0.15) is 49.4 Å². The third kappa shape index (κ3) is 4.70. The molecule has 1 atom stereocenters. The largest absolute Gasteiger partial charge is 0.504 e. The highest BCUT2D eigenvalue weighted by atomic mass is 32.2. The average molecular weight is 508 g/mol. The van der Waals surface area contributed by atoms with E-state index in [0.29, 0.717) is 13.1 Å². The molecular formula is C22H29N5O5S2. The predicted octanol–water partition coefficient (Wildman–Crippen LogP) is 4.11. The summed E-state index contributed by atoms with van der Waals surface area (Å²) in [5.74, 6) is -0.385. The Bertz CT molecular complexity index is 1270. The van der Waals surface area contributed by atoms with Gasteiger partial charge >= 0.3 is 11.6 Å². The van der Waals surface area contributed by atoms with Gasteiger partial charge in [-0.1, -0.05) is 31.7 Å². The first-order chi connectivity index (χ1) is 16.0. The summed E-state index contributed by atoms with van der Waals surface area (Å²) in [4.78, 5) is 2.24. The van der Waals surface area contributed by atoms with E-state index in [0.717, 1.165) is 22.6 Å². The van der Waals surface area contributed by atoms with E-state index in [4.69, 9.17) is 4.63 Å². The number of phenolic OH excluding ortho intramolecular Hbond substituents is 1. The minimum atomic E-state index is -3.84. The van der Waals surface area contributed by atoms with Crippen LogP contribution >= 0.6 is 11.3 Å². The van der Waals surface area contributed by atoms with Gasteiger partial charge in [0.25, 0.3) is 0 Å². The molecule has 1 fully saturated rings. The summed E-state index contributed by atoms with van der Waals surface area (Å²) in [5.41, 5.74) is -0.165. The van der Waals surface area contributed by atoms with Crippen molar-refractivity contribution in [2.75, 3.05) is 23.7 Å². The first-order valence-corrected chi connectivity index (χ1v) is 13.3. The standard InChI is InChI=1S/C22H29N5O5S2/c1-14-10-11-16(33-14)19(22(2,3)4)24-21-20(25-32-27(21)29)23-15-8-7-9-17(18(15)28)34(30,31)26-12-5-6-13-26/h7-11,19,24,28H,5-6,12-13H2,1-4H3,(H,23,25)/t19-/m0/s1. The monoisotopic (exact) mass is 507 g/mol. The van der Waals surface area contributed by atoms with Crippen LogP contribution in [0.15, 0.2) is 39.9 Å². The fraction of sp³-hybridized carbons (Fsp3) is 0.455. The van der Waals surface area contributed by atoms with E-state index in [1.54, 1.807) is 11.3 Å². The highest BCUT2D eigenvalue weighted by molar-refractivity contribution is 7.89. The maximum absolute atomic E-state index is 13.0. The van der Waals surface area contributed by atoms with Gasteiger partial charge in [0, 0.05) is 28.3 Å². The molecule has 0 radical (unpaired) electrons. The van der Waals surface area contributed by atoms with Crippen molar-refractivity contribution in [3.63, 3.8) is 0 Å². The Morgan fingerprint density at radius 2 is 1.94 bits per heavy atom. The molecule has 3 heterocycles. The molecule has 0 saturated carbocycles. The van der Waals surface area contributed by atoms with Crippen LogP contribution in [-0.2, 0) is 10.0 Å². The minimum Gasteiger partial charge on any atom is -0.504 e. The summed E-state index contributed by atoms with van der Waals surface area (Å²) in [6.45, 7) is 9.00. The molecule has 4 rings (SSSR count). The molecule has 184 valence electrons. The van der Waals surface area contributed by atoms with Gasteiger partial charge in [0.05, 0.1) is 5.69 Å². The van der Waals surface area contributed by atoms with Crippen molar-refractivity contribution in [1.29, 1.82) is 0 Å². The van der Waals surface area contributed by atoms with E-state index in [1.165, 1.54) is 22.5 Å². The number of sulfonamides is 1. The number of aromatic hydroxyl groups is 1. The molecule has 3 aromatic rings. The Kier molecular flexibility index (Phi) is 6.49. The van der Waals surface area contributed by atoms with Crippen molar-refractivity contribution in [2.24, 2.45) is 5.41 Å². The Morgan fingerprint density at radius 1 is 1.24 bits per heavy atom. The lowest BCUT2D eigenvalue weighted by molar-refractivity contribution is -0.791. The van der Waals surface area contributed by atoms with Crippen molar-refractivity contribution in [2.45, 2.75) is 51.5 Å². The quantitative estimate of drug-likeness (QED) is 0.321. The smallest absolute Gasteiger partial charge is 0.320 e. The normalized spacial score (nSPS) is 16.0. The van der Waals surface area contributed by atoms with Crippen LogP contribution in [0.2, 0.25) is 0 Å². The second-order valence-electron chi connectivity index (χ2n) is 9.41. The second-order valence-corrected chi connectivity index (χ2v) is 12.6. The van der Waals surface area contributed by atoms with E-state index in [1.807, 2.05) is 39.8 Å². The number of aromatic nitrogens is 2. The molecule has 0 bridgehead atoms. The average Bonchev–Trinajstić information content (AvgIpc) is 3.50. The summed E-state index contributed by atoms with van der Waals surface area (Å²) in [7, 11) is -3.84. The first kappa shape index (κ1) is 24.3. The van der Waals surface area contributed by atoms with Crippen LogP contribution in [0.3, 0.4) is 0 Å². The van der Waals surface area contributed by atoms with Gasteiger partial charge in [0.15, 0.2) is 5.75 Å². The van der Waals surface area contributed by atoms with Gasteiger partial charge in [0.1, 0.15) is 10.9 Å². The van der Waals surface area contributed by atoms with E-state index in [9.17, 15) is 18.7 Å². The number of nitrogens with one attached hydrogen (secondary N) is 2. The molecule has 1 aromatic carbocycles. The van der Waals surface area contributed by atoms with Gasteiger partial charge < -0.3 is 20.3 Å². The Balaban J connectivity index is 1.66. The number of aryl methyl sites for hydroxylation is 1. The van der Waals surface area contributed by atoms with Crippen LogP contribution in [0.5, 0.6) is 5.75 Å². The van der Waals surface area contributed by atoms with E-state index < -0.39 is 15.8 Å². The Morgan fingerprint density at radius 3 is 2.56 bits per heavy atom. The molecule has 1 aliphatic heterocycles. The fourth-order valence-corrected chi connectivity index (χ4v) is 6.73. The molecule has 0 unspecified atom stereocenters. The number of rotatable bonds is 7. The molecule has 10 nitrogen and oxygen atoms in total. The summed E-state index contributed by atoms with van der Waals surface area (Å²) < 4.78 is 32.1. The zero-order valence-corrected chi connectivity index (χ0v) is 21.2. The van der Waals surface area contributed by atoms with Crippen molar-refractivity contribution in [1.82, 2.24) is 9.46 Å². The molecule has 3 N–H and O–H groups in total. The van der Waals surface area contributed by atoms with E-state index in [-0.39, 0.29) is 38.6 Å². The maximum Gasteiger partial charge on any atom is 0.320 e. The molecule has 0 aliphatic carbocycles. The lowest BCUT2D eigenvalue weighted by atomic mass is 9.86. The number of thiophene rings is 1. The van der Waals surface area contributed by atoms with Gasteiger partial charge in [0.2, 0.25) is 10.0 Å². The summed E-state index contributed by atoms with van der Waals surface area (Å²) in [6, 6.07) is 8.19. The molecular weight excluding hydrogens is 478 g/mol. The van der Waals surface area contributed by atoms with Crippen LogP contribution in [-0.4, -0.2) is 36.1 Å². The second kappa shape index (κ2) is 9.08.